The molecule has 25 heavy (non-hydrogen) atoms. The summed E-state index contributed by atoms with van der Waals surface area (Å²) in [5.41, 5.74) is 2.53. The molecule has 1 aromatic carbocycles. The lowest BCUT2D eigenvalue weighted by molar-refractivity contribution is 0.0916. The highest BCUT2D eigenvalue weighted by Gasteiger charge is 2.30. The Hall–Kier alpha value is -2.49. The Morgan fingerprint density at radius 3 is 2.92 bits per heavy atom. The summed E-state index contributed by atoms with van der Waals surface area (Å²) in [6.45, 7) is 3.72. The van der Waals surface area contributed by atoms with E-state index in [-0.39, 0.29) is 24.2 Å². The van der Waals surface area contributed by atoms with Crippen LogP contribution in [0.5, 0.6) is 11.6 Å². The number of aliphatic hydroxyl groups excluding tert-OH is 1. The Morgan fingerprint density at radius 1 is 1.44 bits per heavy atom. The lowest BCUT2D eigenvalue weighted by Crippen LogP contribution is -2.35. The number of hydrogen-bond acceptors (Lipinski definition) is 7. The van der Waals surface area contributed by atoms with E-state index in [1.807, 2.05) is 13.0 Å². The number of nitrogens with one attached hydrogen (secondary N) is 1. The van der Waals surface area contributed by atoms with Crippen molar-refractivity contribution in [1.29, 1.82) is 0 Å². The maximum Gasteiger partial charge on any atom is 0.492 e. The van der Waals surface area contributed by atoms with E-state index >= 15 is 0 Å². The molecule has 130 valence electrons. The van der Waals surface area contributed by atoms with E-state index in [9.17, 15) is 9.82 Å². The van der Waals surface area contributed by atoms with Crippen LogP contribution in [0.4, 0.5) is 0 Å². The molecule has 1 atom stereocenters. The van der Waals surface area contributed by atoms with Crippen LogP contribution in [-0.2, 0) is 11.3 Å². The summed E-state index contributed by atoms with van der Waals surface area (Å²) in [6, 6.07) is 3.24. The van der Waals surface area contributed by atoms with Gasteiger partial charge in [0.1, 0.15) is 11.4 Å². The molecule has 1 aliphatic rings. The first-order chi connectivity index (χ1) is 12.0. The molecule has 8 nitrogen and oxygen atoms in total. The standard InChI is InChI=1S/C16H18BN3O5/c1-9(7-21)20-16(22)12-5-19-14(6-18-12)25-13-4-3-11-8-24-17(23)15(11)10(13)2/h3-6,9,21,23H,7-8H2,1-2H3,(H,20,22)/t9-/m0/s1. The van der Waals surface area contributed by atoms with Gasteiger partial charge >= 0.3 is 7.12 Å². The highest BCUT2D eigenvalue weighted by atomic mass is 16.5. The Labute approximate surface area is 145 Å². The van der Waals surface area contributed by atoms with E-state index in [1.54, 1.807) is 13.0 Å². The first-order valence-corrected chi connectivity index (χ1v) is 7.83. The van der Waals surface area contributed by atoms with E-state index in [0.717, 1.165) is 11.1 Å². The third-order valence-electron chi connectivity index (χ3n) is 3.93. The molecule has 0 radical (unpaired) electrons. The molecule has 0 unspecified atom stereocenters. The van der Waals surface area contributed by atoms with Gasteiger partial charge in [0.15, 0.2) is 0 Å². The first kappa shape index (κ1) is 17.3. The molecule has 1 amide bonds. The van der Waals surface area contributed by atoms with E-state index in [1.165, 1.54) is 12.4 Å². The Bertz CT molecular complexity index is 784. The van der Waals surface area contributed by atoms with Crippen LogP contribution in [0.1, 0.15) is 28.5 Å². The van der Waals surface area contributed by atoms with Crippen molar-refractivity contribution in [1.82, 2.24) is 15.3 Å². The van der Waals surface area contributed by atoms with Crippen molar-refractivity contribution in [3.05, 3.63) is 41.3 Å². The molecule has 1 aromatic heterocycles. The third-order valence-corrected chi connectivity index (χ3v) is 3.93. The lowest BCUT2D eigenvalue weighted by atomic mass is 9.76. The maximum atomic E-state index is 11.9. The topological polar surface area (TPSA) is 114 Å². The number of aromatic nitrogens is 2. The van der Waals surface area contributed by atoms with Crippen LogP contribution in [0.15, 0.2) is 24.5 Å². The van der Waals surface area contributed by atoms with Crippen LogP contribution >= 0.6 is 0 Å². The summed E-state index contributed by atoms with van der Waals surface area (Å²) in [6.07, 6.45) is 2.65. The zero-order valence-corrected chi connectivity index (χ0v) is 13.9. The number of ether oxygens (including phenoxy) is 1. The predicted octanol–water partition coefficient (Wildman–Crippen LogP) is -0.0944. The summed E-state index contributed by atoms with van der Waals surface area (Å²) < 4.78 is 10.9. The van der Waals surface area contributed by atoms with E-state index in [4.69, 9.17) is 14.5 Å². The van der Waals surface area contributed by atoms with Gasteiger partial charge in [-0.05, 0) is 36.5 Å². The van der Waals surface area contributed by atoms with E-state index < -0.39 is 13.0 Å². The second-order valence-corrected chi connectivity index (χ2v) is 5.82. The molecule has 0 bridgehead atoms. The van der Waals surface area contributed by atoms with Crippen LogP contribution < -0.4 is 15.5 Å². The minimum Gasteiger partial charge on any atom is -0.437 e. The molecule has 0 saturated carbocycles. The van der Waals surface area contributed by atoms with Crippen molar-refractivity contribution >= 4 is 18.5 Å². The van der Waals surface area contributed by atoms with Crippen LogP contribution in [0.25, 0.3) is 0 Å². The van der Waals surface area contributed by atoms with Crippen LogP contribution in [0.3, 0.4) is 0 Å². The highest BCUT2D eigenvalue weighted by molar-refractivity contribution is 6.62. The molecule has 9 heteroatoms. The number of hydrogen-bond donors (Lipinski definition) is 3. The summed E-state index contributed by atoms with van der Waals surface area (Å²) in [7, 11) is -0.954. The SMILES string of the molecule is Cc1c(Oc2cnc(C(=O)N[C@@H](C)CO)cn2)ccc2c1B(O)OC2. The Morgan fingerprint density at radius 2 is 2.24 bits per heavy atom. The quantitative estimate of drug-likeness (QED) is 0.650. The summed E-state index contributed by atoms with van der Waals surface area (Å²) in [5.74, 6) is 0.335. The molecule has 3 N–H and O–H groups in total. The summed E-state index contributed by atoms with van der Waals surface area (Å²) in [5, 5.41) is 21.4. The number of carbonyl (C=O) groups is 1. The van der Waals surface area contributed by atoms with Gasteiger partial charge in [-0.3, -0.25) is 4.79 Å². The summed E-state index contributed by atoms with van der Waals surface area (Å²) in [4.78, 5) is 20.0. The first-order valence-electron chi connectivity index (χ1n) is 7.83. The molecular formula is C16H18BN3O5. The molecule has 0 saturated heterocycles. The number of amides is 1. The number of nitrogens with zero attached hydrogens (tertiary/aromatic N) is 2. The number of aliphatic hydroxyl groups is 1. The second kappa shape index (κ2) is 7.18. The van der Waals surface area contributed by atoms with Crippen LogP contribution in [0, 0.1) is 6.92 Å². The fraction of sp³-hybridized carbons (Fsp3) is 0.312. The molecular weight excluding hydrogens is 325 g/mol. The zero-order valence-electron chi connectivity index (χ0n) is 13.9. The van der Waals surface area contributed by atoms with Crippen molar-refractivity contribution in [2.75, 3.05) is 6.61 Å². The Kier molecular flexibility index (Phi) is 4.98. The van der Waals surface area contributed by atoms with Gasteiger partial charge in [0, 0.05) is 6.04 Å². The number of rotatable bonds is 5. The minimum absolute atomic E-state index is 0.127. The van der Waals surface area contributed by atoms with Gasteiger partial charge in [-0.15, -0.1) is 0 Å². The number of benzene rings is 1. The van der Waals surface area contributed by atoms with Crippen molar-refractivity contribution < 1.29 is 24.3 Å². The Balaban J connectivity index is 1.74. The van der Waals surface area contributed by atoms with Crippen molar-refractivity contribution in [2.24, 2.45) is 0 Å². The third kappa shape index (κ3) is 3.63. The normalized spacial score (nSPS) is 14.2. The second-order valence-electron chi connectivity index (χ2n) is 5.82. The van der Waals surface area contributed by atoms with Gasteiger partial charge in [0.2, 0.25) is 5.88 Å². The highest BCUT2D eigenvalue weighted by Crippen LogP contribution is 2.25. The molecule has 0 fully saturated rings. The van der Waals surface area contributed by atoms with Crippen molar-refractivity contribution in [3.63, 3.8) is 0 Å². The predicted molar refractivity (Wildman–Crippen MR) is 89.7 cm³/mol. The van der Waals surface area contributed by atoms with Gasteiger partial charge in [0.25, 0.3) is 5.91 Å². The largest absolute Gasteiger partial charge is 0.492 e. The molecule has 0 spiro atoms. The molecule has 1 aliphatic heterocycles. The minimum atomic E-state index is -0.954. The van der Waals surface area contributed by atoms with Crippen molar-refractivity contribution in [2.45, 2.75) is 26.5 Å². The maximum absolute atomic E-state index is 11.9. The molecule has 3 rings (SSSR count). The number of fused-ring (bicyclic) bond motifs is 1. The van der Waals surface area contributed by atoms with Gasteiger partial charge in [-0.1, -0.05) is 6.07 Å². The van der Waals surface area contributed by atoms with Gasteiger partial charge in [-0.25, -0.2) is 9.97 Å². The van der Waals surface area contributed by atoms with Gasteiger partial charge < -0.3 is 24.8 Å². The van der Waals surface area contributed by atoms with Crippen LogP contribution in [0.2, 0.25) is 0 Å². The molecule has 0 aliphatic carbocycles. The van der Waals surface area contributed by atoms with Gasteiger partial charge in [-0.2, -0.15) is 0 Å². The zero-order chi connectivity index (χ0) is 18.0. The monoisotopic (exact) mass is 343 g/mol. The fourth-order valence-electron chi connectivity index (χ4n) is 2.54. The molecule has 2 heterocycles. The smallest absolute Gasteiger partial charge is 0.437 e. The molecule has 2 aromatic rings. The fourth-order valence-corrected chi connectivity index (χ4v) is 2.54. The van der Waals surface area contributed by atoms with Crippen molar-refractivity contribution in [3.8, 4) is 11.6 Å². The van der Waals surface area contributed by atoms with Gasteiger partial charge in [0.05, 0.1) is 25.6 Å². The number of carbonyl (C=O) groups excluding carboxylic acids is 1. The average molecular weight is 343 g/mol. The average Bonchev–Trinajstić information content (AvgIpc) is 2.99. The lowest BCUT2D eigenvalue weighted by Gasteiger charge is -2.12. The summed E-state index contributed by atoms with van der Waals surface area (Å²) >= 11 is 0. The van der Waals surface area contributed by atoms with E-state index in [2.05, 4.69) is 15.3 Å². The van der Waals surface area contributed by atoms with E-state index in [0.29, 0.717) is 17.8 Å². The van der Waals surface area contributed by atoms with Crippen LogP contribution in [-0.4, -0.2) is 45.8 Å².